The molecule has 2 rings (SSSR count). The summed E-state index contributed by atoms with van der Waals surface area (Å²) in [6.07, 6.45) is 0. The molecule has 0 radical (unpaired) electrons. The molecule has 6 heteroatoms. The molecule has 1 atom stereocenters. The zero-order chi connectivity index (χ0) is 16.7. The van der Waals surface area contributed by atoms with Gasteiger partial charge in [0, 0.05) is 5.02 Å². The highest BCUT2D eigenvalue weighted by Crippen LogP contribution is 2.15. The third kappa shape index (κ3) is 6.22. The summed E-state index contributed by atoms with van der Waals surface area (Å²) < 4.78 is 5.54. The Morgan fingerprint density at radius 2 is 2.04 bits per heavy atom. The highest BCUT2D eigenvalue weighted by molar-refractivity contribution is 7.10. The van der Waals surface area contributed by atoms with E-state index >= 15 is 0 Å². The third-order valence-electron chi connectivity index (χ3n) is 3.40. The van der Waals surface area contributed by atoms with E-state index in [-0.39, 0.29) is 5.91 Å². The molecule has 0 saturated heterocycles. The number of benzene rings is 1. The number of nitrogens with one attached hydrogen (secondary N) is 2. The molecule has 1 aromatic heterocycles. The van der Waals surface area contributed by atoms with E-state index in [1.165, 1.54) is 15.3 Å². The molecule has 2 N–H and O–H groups in total. The number of amides is 1. The second-order valence-corrected chi connectivity index (χ2v) is 6.93. The number of ether oxygens (including phenoxy) is 1. The molecule has 4 nitrogen and oxygen atoms in total. The fourth-order valence-corrected chi connectivity index (χ4v) is 3.29. The van der Waals surface area contributed by atoms with Crippen molar-refractivity contribution in [2.45, 2.75) is 13.5 Å². The SMILES string of the molecule is Cc1ccsc1C[NH+](C)CC(=O)NCCOc1ccc(Cl)cc1. The smallest absolute Gasteiger partial charge is 0.275 e. The highest BCUT2D eigenvalue weighted by atomic mass is 35.5. The molecule has 1 aromatic carbocycles. The minimum absolute atomic E-state index is 0.0383. The van der Waals surface area contributed by atoms with Gasteiger partial charge >= 0.3 is 0 Å². The molecule has 0 bridgehead atoms. The van der Waals surface area contributed by atoms with Crippen LogP contribution >= 0.6 is 22.9 Å². The number of likely N-dealkylation sites (N-methyl/N-ethyl adjacent to an activating group) is 1. The minimum atomic E-state index is 0.0383. The van der Waals surface area contributed by atoms with E-state index in [9.17, 15) is 4.79 Å². The van der Waals surface area contributed by atoms with Crippen molar-refractivity contribution in [1.82, 2.24) is 5.32 Å². The summed E-state index contributed by atoms with van der Waals surface area (Å²) in [6.45, 7) is 4.37. The van der Waals surface area contributed by atoms with Crippen LogP contribution in [0.3, 0.4) is 0 Å². The molecular weight excluding hydrogens is 332 g/mol. The van der Waals surface area contributed by atoms with Gasteiger partial charge in [0.2, 0.25) is 0 Å². The predicted molar refractivity (Wildman–Crippen MR) is 94.5 cm³/mol. The molecular formula is C17H22ClN2O2S+. The number of quaternary nitrogens is 1. The normalized spacial score (nSPS) is 12.0. The van der Waals surface area contributed by atoms with Crippen molar-refractivity contribution in [3.05, 3.63) is 51.2 Å². The van der Waals surface area contributed by atoms with Crippen LogP contribution in [0.1, 0.15) is 10.4 Å². The maximum atomic E-state index is 11.9. The quantitative estimate of drug-likeness (QED) is 0.712. The van der Waals surface area contributed by atoms with Crippen LogP contribution in [-0.4, -0.2) is 32.7 Å². The van der Waals surface area contributed by atoms with Gasteiger partial charge in [0.25, 0.3) is 5.91 Å². The van der Waals surface area contributed by atoms with Gasteiger partial charge in [-0.05, 0) is 48.2 Å². The summed E-state index contributed by atoms with van der Waals surface area (Å²) in [5, 5.41) is 5.65. The van der Waals surface area contributed by atoms with Crippen molar-refractivity contribution in [1.29, 1.82) is 0 Å². The number of halogens is 1. The van der Waals surface area contributed by atoms with Gasteiger partial charge in [-0.15, -0.1) is 11.3 Å². The Balaban J connectivity index is 1.63. The van der Waals surface area contributed by atoms with Gasteiger partial charge in [-0.3, -0.25) is 4.79 Å². The number of carbonyl (C=O) groups is 1. The number of hydrogen-bond donors (Lipinski definition) is 2. The average molecular weight is 354 g/mol. The molecule has 0 aliphatic heterocycles. The van der Waals surface area contributed by atoms with Gasteiger partial charge in [-0.25, -0.2) is 0 Å². The summed E-state index contributed by atoms with van der Waals surface area (Å²) in [5.41, 5.74) is 1.30. The number of rotatable bonds is 8. The second kappa shape index (κ2) is 8.91. The van der Waals surface area contributed by atoms with Crippen LogP contribution in [-0.2, 0) is 11.3 Å². The van der Waals surface area contributed by atoms with Crippen LogP contribution in [0.5, 0.6) is 5.75 Å². The fourth-order valence-electron chi connectivity index (χ4n) is 2.15. The predicted octanol–water partition coefficient (Wildman–Crippen LogP) is 1.92. The van der Waals surface area contributed by atoms with Crippen LogP contribution in [0.25, 0.3) is 0 Å². The lowest BCUT2D eigenvalue weighted by Gasteiger charge is -2.13. The Kier molecular flexibility index (Phi) is 6.89. The first kappa shape index (κ1) is 17.8. The summed E-state index contributed by atoms with van der Waals surface area (Å²) in [6, 6.07) is 9.29. The number of aryl methyl sites for hydroxylation is 1. The molecule has 0 fully saturated rings. The van der Waals surface area contributed by atoms with Gasteiger partial charge in [0.15, 0.2) is 6.54 Å². The Hall–Kier alpha value is -1.56. The maximum Gasteiger partial charge on any atom is 0.275 e. The zero-order valence-corrected chi connectivity index (χ0v) is 15.0. The van der Waals surface area contributed by atoms with Gasteiger partial charge in [0.05, 0.1) is 18.5 Å². The van der Waals surface area contributed by atoms with Crippen molar-refractivity contribution in [3.8, 4) is 5.75 Å². The lowest BCUT2D eigenvalue weighted by atomic mass is 10.3. The third-order valence-corrected chi connectivity index (χ3v) is 4.67. The van der Waals surface area contributed by atoms with Gasteiger partial charge in [-0.1, -0.05) is 11.6 Å². The lowest BCUT2D eigenvalue weighted by Crippen LogP contribution is -3.08. The topological polar surface area (TPSA) is 42.8 Å². The summed E-state index contributed by atoms with van der Waals surface area (Å²) >= 11 is 7.55. The van der Waals surface area contributed by atoms with Crippen LogP contribution in [0.15, 0.2) is 35.7 Å². The first-order valence-corrected chi connectivity index (χ1v) is 8.79. The van der Waals surface area contributed by atoms with E-state index in [1.54, 1.807) is 23.5 Å². The summed E-state index contributed by atoms with van der Waals surface area (Å²) in [4.78, 5) is 14.4. The van der Waals surface area contributed by atoms with Crippen molar-refractivity contribution < 1.29 is 14.4 Å². The van der Waals surface area contributed by atoms with E-state index in [1.807, 2.05) is 19.2 Å². The van der Waals surface area contributed by atoms with Crippen LogP contribution in [0, 0.1) is 6.92 Å². The van der Waals surface area contributed by atoms with E-state index in [4.69, 9.17) is 16.3 Å². The lowest BCUT2D eigenvalue weighted by molar-refractivity contribution is -0.885. The summed E-state index contributed by atoms with van der Waals surface area (Å²) in [7, 11) is 2.03. The van der Waals surface area contributed by atoms with E-state index in [0.717, 1.165) is 12.3 Å². The number of thiophene rings is 1. The zero-order valence-electron chi connectivity index (χ0n) is 13.4. The molecule has 0 aliphatic rings. The average Bonchev–Trinajstić information content (AvgIpc) is 2.90. The van der Waals surface area contributed by atoms with Crippen molar-refractivity contribution in [2.75, 3.05) is 26.7 Å². The standard InChI is InChI=1S/C17H21ClN2O2S/c1-13-7-10-23-16(13)11-20(2)12-17(21)19-8-9-22-15-5-3-14(18)4-6-15/h3-7,10H,8-9,11-12H2,1-2H3,(H,19,21)/p+1. The molecule has 1 amide bonds. The number of carbonyl (C=O) groups excluding carboxylic acids is 1. The van der Waals surface area contributed by atoms with Gasteiger partial charge < -0.3 is 15.0 Å². The summed E-state index contributed by atoms with van der Waals surface area (Å²) in [5.74, 6) is 0.788. The Labute approximate surface area is 146 Å². The second-order valence-electron chi connectivity index (χ2n) is 5.49. The molecule has 1 heterocycles. The monoisotopic (exact) mass is 353 g/mol. The molecule has 0 spiro atoms. The molecule has 0 aliphatic carbocycles. The largest absolute Gasteiger partial charge is 0.492 e. The Morgan fingerprint density at radius 1 is 1.30 bits per heavy atom. The Morgan fingerprint density at radius 3 is 2.70 bits per heavy atom. The molecule has 2 aromatic rings. The van der Waals surface area contributed by atoms with Crippen molar-refractivity contribution in [2.24, 2.45) is 0 Å². The van der Waals surface area contributed by atoms with Crippen molar-refractivity contribution in [3.63, 3.8) is 0 Å². The van der Waals surface area contributed by atoms with Gasteiger partial charge in [-0.2, -0.15) is 0 Å². The fraction of sp³-hybridized carbons (Fsp3) is 0.353. The van der Waals surface area contributed by atoms with Crippen LogP contribution in [0.2, 0.25) is 5.02 Å². The molecule has 1 unspecified atom stereocenters. The minimum Gasteiger partial charge on any atom is -0.492 e. The molecule has 0 saturated carbocycles. The first-order valence-electron chi connectivity index (χ1n) is 7.54. The first-order chi connectivity index (χ1) is 11.0. The van der Waals surface area contributed by atoms with Crippen molar-refractivity contribution >= 4 is 28.8 Å². The van der Waals surface area contributed by atoms with Crippen LogP contribution in [0.4, 0.5) is 0 Å². The van der Waals surface area contributed by atoms with Crippen LogP contribution < -0.4 is 15.0 Å². The number of hydrogen-bond acceptors (Lipinski definition) is 3. The molecule has 124 valence electrons. The maximum absolute atomic E-state index is 11.9. The van der Waals surface area contributed by atoms with E-state index in [2.05, 4.69) is 23.7 Å². The van der Waals surface area contributed by atoms with E-state index < -0.39 is 0 Å². The highest BCUT2D eigenvalue weighted by Gasteiger charge is 2.12. The van der Waals surface area contributed by atoms with Gasteiger partial charge in [0.1, 0.15) is 18.9 Å². The molecule has 23 heavy (non-hydrogen) atoms. The van der Waals surface area contributed by atoms with E-state index in [0.29, 0.717) is 24.7 Å². The Bertz CT molecular complexity index is 628.